The second-order valence-electron chi connectivity index (χ2n) is 9.69. The molecule has 0 bridgehead atoms. The van der Waals surface area contributed by atoms with Crippen molar-refractivity contribution in [1.82, 2.24) is 24.4 Å². The molecule has 0 aliphatic carbocycles. The number of ether oxygens (including phenoxy) is 1. The molecule has 1 amide bonds. The Bertz CT molecular complexity index is 1400. The molecular formula is C25H28FN7O2. The van der Waals surface area contributed by atoms with Crippen LogP contribution in [0.5, 0.6) is 0 Å². The van der Waals surface area contributed by atoms with Crippen LogP contribution in [0.15, 0.2) is 43.0 Å². The highest BCUT2D eigenvalue weighted by atomic mass is 19.1. The number of hydrogen-bond acceptors (Lipinski definition) is 6. The van der Waals surface area contributed by atoms with Gasteiger partial charge in [0.05, 0.1) is 36.3 Å². The van der Waals surface area contributed by atoms with Crippen LogP contribution in [0, 0.1) is 12.7 Å². The molecule has 0 radical (unpaired) electrons. The molecule has 1 saturated heterocycles. The van der Waals surface area contributed by atoms with E-state index in [1.807, 2.05) is 44.5 Å². The fraction of sp³-hybridized carbons (Fsp3) is 0.360. The third kappa shape index (κ3) is 4.49. The number of benzene rings is 1. The van der Waals surface area contributed by atoms with Crippen molar-refractivity contribution in [2.45, 2.75) is 33.2 Å². The van der Waals surface area contributed by atoms with Crippen molar-refractivity contribution < 1.29 is 13.9 Å². The van der Waals surface area contributed by atoms with Gasteiger partial charge in [0.1, 0.15) is 5.82 Å². The van der Waals surface area contributed by atoms with Crippen molar-refractivity contribution in [3.05, 3.63) is 60.1 Å². The van der Waals surface area contributed by atoms with E-state index in [-0.39, 0.29) is 16.9 Å². The molecule has 1 aliphatic rings. The minimum Gasteiger partial charge on any atom is -0.378 e. The fourth-order valence-electron chi connectivity index (χ4n) is 4.16. The summed E-state index contributed by atoms with van der Waals surface area (Å²) in [6, 6.07) is 5.16. The van der Waals surface area contributed by atoms with Gasteiger partial charge >= 0.3 is 0 Å². The number of rotatable bonds is 4. The summed E-state index contributed by atoms with van der Waals surface area (Å²) in [7, 11) is 0. The summed E-state index contributed by atoms with van der Waals surface area (Å²) in [4.78, 5) is 19.6. The summed E-state index contributed by atoms with van der Waals surface area (Å²) in [5.41, 5.74) is 4.18. The molecule has 0 saturated carbocycles. The van der Waals surface area contributed by atoms with Gasteiger partial charge in [-0.3, -0.25) is 4.79 Å². The van der Waals surface area contributed by atoms with Crippen LogP contribution >= 0.6 is 0 Å². The quantitative estimate of drug-likeness (QED) is 0.480. The minimum absolute atomic E-state index is 0.0829. The molecule has 3 aromatic heterocycles. The first-order chi connectivity index (χ1) is 16.7. The Balaban J connectivity index is 1.51. The zero-order chi connectivity index (χ0) is 24.7. The van der Waals surface area contributed by atoms with Crippen LogP contribution in [0.4, 0.5) is 15.8 Å². The first kappa shape index (κ1) is 23.0. The molecule has 182 valence electrons. The van der Waals surface area contributed by atoms with Crippen LogP contribution in [-0.4, -0.2) is 56.6 Å². The predicted molar refractivity (Wildman–Crippen MR) is 131 cm³/mol. The molecule has 1 aliphatic heterocycles. The van der Waals surface area contributed by atoms with Gasteiger partial charge in [0.25, 0.3) is 5.91 Å². The number of nitrogens with zero attached hydrogens (tertiary/aromatic N) is 6. The lowest BCUT2D eigenvalue weighted by atomic mass is 10.00. The molecule has 1 aromatic carbocycles. The molecule has 0 unspecified atom stereocenters. The molecule has 1 fully saturated rings. The number of carbonyl (C=O) groups is 1. The van der Waals surface area contributed by atoms with E-state index >= 15 is 0 Å². The largest absolute Gasteiger partial charge is 0.378 e. The van der Waals surface area contributed by atoms with Crippen molar-refractivity contribution in [1.29, 1.82) is 0 Å². The standard InChI is InChI=1S/C25H28FN7O2/c1-16-11-19(26)20(28-24(34)21-15-33(30-29-21)25(2,3)4)13-18(16)17-12-22(31-7-9-35-10-8-31)23-27-5-6-32(23)14-17/h5-6,11-15H,7-10H2,1-4H3,(H,28,34). The highest BCUT2D eigenvalue weighted by Gasteiger charge is 2.21. The van der Waals surface area contributed by atoms with Crippen molar-refractivity contribution in [3.63, 3.8) is 0 Å². The van der Waals surface area contributed by atoms with E-state index in [1.165, 1.54) is 6.07 Å². The number of halogens is 1. The number of pyridine rings is 1. The lowest BCUT2D eigenvalue weighted by molar-refractivity contribution is 0.102. The summed E-state index contributed by atoms with van der Waals surface area (Å²) < 4.78 is 24.0. The van der Waals surface area contributed by atoms with Crippen molar-refractivity contribution in [2.75, 3.05) is 36.5 Å². The molecule has 4 aromatic rings. The summed E-state index contributed by atoms with van der Waals surface area (Å²) in [5, 5.41) is 10.6. The zero-order valence-corrected chi connectivity index (χ0v) is 20.2. The molecular weight excluding hydrogens is 449 g/mol. The van der Waals surface area contributed by atoms with Crippen LogP contribution in [-0.2, 0) is 10.3 Å². The Morgan fingerprint density at radius 3 is 2.63 bits per heavy atom. The van der Waals surface area contributed by atoms with Gasteiger partial charge in [-0.15, -0.1) is 5.10 Å². The van der Waals surface area contributed by atoms with Crippen LogP contribution in [0.3, 0.4) is 0 Å². The van der Waals surface area contributed by atoms with E-state index in [4.69, 9.17) is 4.74 Å². The normalized spacial score (nSPS) is 14.5. The summed E-state index contributed by atoms with van der Waals surface area (Å²) in [6.45, 7) is 10.6. The summed E-state index contributed by atoms with van der Waals surface area (Å²) >= 11 is 0. The molecule has 10 heteroatoms. The van der Waals surface area contributed by atoms with Crippen LogP contribution < -0.4 is 10.2 Å². The number of anilines is 2. The van der Waals surface area contributed by atoms with Gasteiger partial charge in [0.2, 0.25) is 0 Å². The Kier molecular flexibility index (Phi) is 5.76. The van der Waals surface area contributed by atoms with E-state index in [9.17, 15) is 9.18 Å². The maximum absolute atomic E-state index is 14.9. The number of imidazole rings is 1. The number of amides is 1. The Morgan fingerprint density at radius 1 is 1.14 bits per heavy atom. The molecule has 5 rings (SSSR count). The van der Waals surface area contributed by atoms with Crippen LogP contribution in [0.2, 0.25) is 0 Å². The lowest BCUT2D eigenvalue weighted by Gasteiger charge is -2.29. The van der Waals surface area contributed by atoms with Gasteiger partial charge in [0.15, 0.2) is 11.3 Å². The predicted octanol–water partition coefficient (Wildman–Crippen LogP) is 3.88. The third-order valence-electron chi connectivity index (χ3n) is 6.11. The molecule has 0 spiro atoms. The van der Waals surface area contributed by atoms with E-state index in [1.54, 1.807) is 23.1 Å². The molecule has 4 heterocycles. The maximum atomic E-state index is 14.9. The van der Waals surface area contributed by atoms with E-state index in [2.05, 4.69) is 31.6 Å². The highest BCUT2D eigenvalue weighted by molar-refractivity contribution is 6.03. The van der Waals surface area contributed by atoms with Crippen molar-refractivity contribution in [2.24, 2.45) is 0 Å². The Morgan fingerprint density at radius 2 is 1.91 bits per heavy atom. The minimum atomic E-state index is -0.520. The monoisotopic (exact) mass is 477 g/mol. The average molecular weight is 478 g/mol. The van der Waals surface area contributed by atoms with Crippen molar-refractivity contribution in [3.8, 4) is 11.1 Å². The summed E-state index contributed by atoms with van der Waals surface area (Å²) in [6.07, 6.45) is 7.18. The number of nitrogens with one attached hydrogen (secondary N) is 1. The smallest absolute Gasteiger partial charge is 0.277 e. The number of aromatic nitrogens is 5. The summed E-state index contributed by atoms with van der Waals surface area (Å²) in [5.74, 6) is -1.03. The Hall–Kier alpha value is -3.79. The number of hydrogen-bond donors (Lipinski definition) is 1. The van der Waals surface area contributed by atoms with Crippen LogP contribution in [0.1, 0.15) is 36.8 Å². The Labute approximate surface area is 202 Å². The maximum Gasteiger partial charge on any atom is 0.277 e. The topological polar surface area (TPSA) is 89.6 Å². The zero-order valence-electron chi connectivity index (χ0n) is 20.2. The van der Waals surface area contributed by atoms with Gasteiger partial charge in [-0.1, -0.05) is 5.21 Å². The van der Waals surface area contributed by atoms with Gasteiger partial charge in [-0.25, -0.2) is 14.1 Å². The number of fused-ring (bicyclic) bond motifs is 1. The van der Waals surface area contributed by atoms with Crippen LogP contribution in [0.25, 0.3) is 16.8 Å². The lowest BCUT2D eigenvalue weighted by Crippen LogP contribution is -2.36. The first-order valence-corrected chi connectivity index (χ1v) is 11.5. The second-order valence-corrected chi connectivity index (χ2v) is 9.69. The highest BCUT2D eigenvalue weighted by Crippen LogP contribution is 2.33. The van der Waals surface area contributed by atoms with E-state index in [0.717, 1.165) is 41.1 Å². The van der Waals surface area contributed by atoms with E-state index in [0.29, 0.717) is 13.2 Å². The molecule has 35 heavy (non-hydrogen) atoms. The van der Waals surface area contributed by atoms with Gasteiger partial charge < -0.3 is 19.4 Å². The van der Waals surface area contributed by atoms with Crippen molar-refractivity contribution >= 4 is 22.9 Å². The van der Waals surface area contributed by atoms with Gasteiger partial charge in [-0.05, 0) is 57.0 Å². The molecule has 9 nitrogen and oxygen atoms in total. The number of aryl methyl sites for hydroxylation is 1. The fourth-order valence-corrected chi connectivity index (χ4v) is 4.16. The average Bonchev–Trinajstić information content (AvgIpc) is 3.50. The number of morpholine rings is 1. The second kappa shape index (κ2) is 8.77. The molecule has 1 N–H and O–H groups in total. The molecule has 0 atom stereocenters. The number of carbonyl (C=O) groups excluding carboxylic acids is 1. The SMILES string of the molecule is Cc1cc(F)c(NC(=O)c2cn(C(C)(C)C)nn2)cc1-c1cc(N2CCOCC2)c2nccn2c1. The van der Waals surface area contributed by atoms with Gasteiger partial charge in [-0.2, -0.15) is 0 Å². The van der Waals surface area contributed by atoms with Gasteiger partial charge in [0, 0.05) is 37.2 Å². The van der Waals surface area contributed by atoms with E-state index < -0.39 is 11.7 Å². The third-order valence-corrected chi connectivity index (χ3v) is 6.11. The first-order valence-electron chi connectivity index (χ1n) is 11.5.